The zero-order valence-corrected chi connectivity index (χ0v) is 7.91. The minimum atomic E-state index is 0.103. The molecule has 60 valence electrons. The largest absolute Gasteiger partial charge is 0.120 e. The Balaban J connectivity index is 2.49. The third-order valence-corrected chi connectivity index (χ3v) is 3.18. The Hall–Kier alpha value is 0.290. The molecule has 0 amide bonds. The second-order valence-corrected chi connectivity index (χ2v) is 5.02. The third kappa shape index (κ3) is 1.88. The molecule has 1 saturated carbocycles. The average molecular weight is 161 g/mol. The maximum atomic E-state index is 6.23. The van der Waals surface area contributed by atoms with Crippen molar-refractivity contribution in [1.29, 1.82) is 0 Å². The van der Waals surface area contributed by atoms with E-state index in [0.29, 0.717) is 0 Å². The van der Waals surface area contributed by atoms with Gasteiger partial charge in [0.15, 0.2) is 0 Å². The molecular formula is C9H17Cl. The van der Waals surface area contributed by atoms with Gasteiger partial charge in [0.1, 0.15) is 0 Å². The van der Waals surface area contributed by atoms with E-state index in [1.54, 1.807) is 0 Å². The molecule has 0 aliphatic heterocycles. The van der Waals surface area contributed by atoms with Crippen molar-refractivity contribution in [3.8, 4) is 0 Å². The van der Waals surface area contributed by atoms with Crippen molar-refractivity contribution in [3.05, 3.63) is 0 Å². The minimum absolute atomic E-state index is 0.103. The molecular weight excluding hydrogens is 144 g/mol. The van der Waals surface area contributed by atoms with E-state index in [0.717, 1.165) is 11.8 Å². The van der Waals surface area contributed by atoms with Crippen molar-refractivity contribution in [1.82, 2.24) is 0 Å². The van der Waals surface area contributed by atoms with Crippen LogP contribution < -0.4 is 0 Å². The predicted octanol–water partition coefficient (Wildman–Crippen LogP) is 3.44. The standard InChI is InChI=1S/C9H17Cl/c1-7-4-5-9(3,10)6-8(7)2/h7-8H,4-6H2,1-3H3. The highest BCUT2D eigenvalue weighted by Gasteiger charge is 2.31. The van der Waals surface area contributed by atoms with E-state index in [2.05, 4.69) is 20.8 Å². The van der Waals surface area contributed by atoms with Gasteiger partial charge in [-0.15, -0.1) is 11.6 Å². The topological polar surface area (TPSA) is 0 Å². The monoisotopic (exact) mass is 160 g/mol. The van der Waals surface area contributed by atoms with Crippen LogP contribution in [0.5, 0.6) is 0 Å². The molecule has 1 heteroatoms. The summed E-state index contributed by atoms with van der Waals surface area (Å²) in [5.41, 5.74) is 0. The molecule has 10 heavy (non-hydrogen) atoms. The quantitative estimate of drug-likeness (QED) is 0.477. The van der Waals surface area contributed by atoms with Gasteiger partial charge in [0.2, 0.25) is 0 Å². The molecule has 0 N–H and O–H groups in total. The van der Waals surface area contributed by atoms with Crippen LogP contribution in [0.2, 0.25) is 0 Å². The van der Waals surface area contributed by atoms with Crippen LogP contribution in [-0.4, -0.2) is 4.87 Å². The Kier molecular flexibility index (Phi) is 2.29. The average Bonchev–Trinajstić information content (AvgIpc) is 1.79. The van der Waals surface area contributed by atoms with E-state index in [-0.39, 0.29) is 4.87 Å². The highest BCUT2D eigenvalue weighted by molar-refractivity contribution is 6.23. The summed E-state index contributed by atoms with van der Waals surface area (Å²) in [6.45, 7) is 6.80. The van der Waals surface area contributed by atoms with Crippen LogP contribution in [0, 0.1) is 11.8 Å². The van der Waals surface area contributed by atoms with Crippen molar-refractivity contribution in [2.24, 2.45) is 11.8 Å². The summed E-state index contributed by atoms with van der Waals surface area (Å²) in [6, 6.07) is 0. The first-order chi connectivity index (χ1) is 4.51. The molecule has 0 aromatic rings. The Morgan fingerprint density at radius 3 is 2.30 bits per heavy atom. The maximum Gasteiger partial charge on any atom is 0.0421 e. The molecule has 1 aliphatic carbocycles. The highest BCUT2D eigenvalue weighted by atomic mass is 35.5. The van der Waals surface area contributed by atoms with Gasteiger partial charge < -0.3 is 0 Å². The van der Waals surface area contributed by atoms with Crippen molar-refractivity contribution in [2.45, 2.75) is 44.9 Å². The molecule has 3 unspecified atom stereocenters. The maximum absolute atomic E-state index is 6.23. The van der Waals surface area contributed by atoms with Gasteiger partial charge in [0.05, 0.1) is 0 Å². The summed E-state index contributed by atoms with van der Waals surface area (Å²) < 4.78 is 0. The van der Waals surface area contributed by atoms with Gasteiger partial charge in [0, 0.05) is 4.87 Å². The molecule has 0 saturated heterocycles. The fourth-order valence-electron chi connectivity index (χ4n) is 1.79. The SMILES string of the molecule is CC1CCC(C)(Cl)CC1C. The van der Waals surface area contributed by atoms with E-state index >= 15 is 0 Å². The van der Waals surface area contributed by atoms with Crippen molar-refractivity contribution in [2.75, 3.05) is 0 Å². The van der Waals surface area contributed by atoms with E-state index < -0.39 is 0 Å². The second-order valence-electron chi connectivity index (χ2n) is 4.11. The number of hydrogen-bond donors (Lipinski definition) is 0. The van der Waals surface area contributed by atoms with E-state index in [1.807, 2.05) is 0 Å². The lowest BCUT2D eigenvalue weighted by molar-refractivity contribution is 0.237. The Morgan fingerprint density at radius 2 is 1.90 bits per heavy atom. The molecule has 0 bridgehead atoms. The van der Waals surface area contributed by atoms with Gasteiger partial charge in [0.25, 0.3) is 0 Å². The Morgan fingerprint density at radius 1 is 1.30 bits per heavy atom. The summed E-state index contributed by atoms with van der Waals surface area (Å²) in [4.78, 5) is 0.103. The molecule has 1 aliphatic rings. The molecule has 1 fully saturated rings. The smallest absolute Gasteiger partial charge is 0.0421 e. The lowest BCUT2D eigenvalue weighted by atomic mass is 9.76. The van der Waals surface area contributed by atoms with Crippen LogP contribution in [-0.2, 0) is 0 Å². The molecule has 0 spiro atoms. The lowest BCUT2D eigenvalue weighted by Gasteiger charge is -2.35. The van der Waals surface area contributed by atoms with Crippen molar-refractivity contribution < 1.29 is 0 Å². The van der Waals surface area contributed by atoms with Crippen LogP contribution in [0.15, 0.2) is 0 Å². The summed E-state index contributed by atoms with van der Waals surface area (Å²) in [5.74, 6) is 1.70. The van der Waals surface area contributed by atoms with Gasteiger partial charge in [-0.05, 0) is 38.0 Å². The summed E-state index contributed by atoms with van der Waals surface area (Å²) in [5, 5.41) is 0. The molecule has 0 radical (unpaired) electrons. The van der Waals surface area contributed by atoms with Gasteiger partial charge in [-0.3, -0.25) is 0 Å². The van der Waals surface area contributed by atoms with Crippen LogP contribution in [0.3, 0.4) is 0 Å². The number of hydrogen-bond acceptors (Lipinski definition) is 0. The predicted molar refractivity (Wildman–Crippen MR) is 46.4 cm³/mol. The number of rotatable bonds is 0. The summed E-state index contributed by atoms with van der Waals surface area (Å²) in [7, 11) is 0. The second kappa shape index (κ2) is 2.73. The van der Waals surface area contributed by atoms with Crippen LogP contribution in [0.25, 0.3) is 0 Å². The fraction of sp³-hybridized carbons (Fsp3) is 1.00. The van der Waals surface area contributed by atoms with Gasteiger partial charge in [-0.2, -0.15) is 0 Å². The van der Waals surface area contributed by atoms with Gasteiger partial charge in [-0.25, -0.2) is 0 Å². The Labute approximate surface area is 69.0 Å². The van der Waals surface area contributed by atoms with Crippen LogP contribution >= 0.6 is 11.6 Å². The molecule has 0 nitrogen and oxygen atoms in total. The molecule has 0 aromatic carbocycles. The number of halogens is 1. The first-order valence-electron chi connectivity index (χ1n) is 4.20. The van der Waals surface area contributed by atoms with E-state index in [1.165, 1.54) is 19.3 Å². The molecule has 0 heterocycles. The fourth-order valence-corrected chi connectivity index (χ4v) is 2.14. The van der Waals surface area contributed by atoms with E-state index in [9.17, 15) is 0 Å². The third-order valence-electron chi connectivity index (χ3n) is 2.84. The minimum Gasteiger partial charge on any atom is -0.120 e. The van der Waals surface area contributed by atoms with Crippen LogP contribution in [0.1, 0.15) is 40.0 Å². The normalized spacial score (nSPS) is 49.2. The zero-order valence-electron chi connectivity index (χ0n) is 7.15. The van der Waals surface area contributed by atoms with E-state index in [4.69, 9.17) is 11.6 Å². The first-order valence-corrected chi connectivity index (χ1v) is 4.58. The number of alkyl halides is 1. The molecule has 3 atom stereocenters. The Bertz CT molecular complexity index is 118. The zero-order chi connectivity index (χ0) is 7.78. The molecule has 1 rings (SSSR count). The van der Waals surface area contributed by atoms with Crippen LogP contribution in [0.4, 0.5) is 0 Å². The summed E-state index contributed by atoms with van der Waals surface area (Å²) in [6.07, 6.45) is 3.69. The summed E-state index contributed by atoms with van der Waals surface area (Å²) >= 11 is 6.23. The first kappa shape index (κ1) is 8.39. The lowest BCUT2D eigenvalue weighted by Crippen LogP contribution is -2.29. The van der Waals surface area contributed by atoms with Crippen molar-refractivity contribution >= 4 is 11.6 Å². The van der Waals surface area contributed by atoms with Gasteiger partial charge >= 0.3 is 0 Å². The molecule has 0 aromatic heterocycles. The van der Waals surface area contributed by atoms with Crippen molar-refractivity contribution in [3.63, 3.8) is 0 Å². The highest BCUT2D eigenvalue weighted by Crippen LogP contribution is 2.39. The van der Waals surface area contributed by atoms with Gasteiger partial charge in [-0.1, -0.05) is 13.8 Å².